The molecule has 0 bridgehead atoms. The zero-order valence-corrected chi connectivity index (χ0v) is 22.7. The average Bonchev–Trinajstić information content (AvgIpc) is 3.46. The van der Waals surface area contributed by atoms with Crippen molar-refractivity contribution in [1.82, 2.24) is 0 Å². The third-order valence-electron chi connectivity index (χ3n) is 7.77. The summed E-state index contributed by atoms with van der Waals surface area (Å²) in [6, 6.07) is 17.9. The van der Waals surface area contributed by atoms with Crippen LogP contribution in [0.2, 0.25) is 0 Å². The second-order valence-electron chi connectivity index (χ2n) is 11.2. The summed E-state index contributed by atoms with van der Waals surface area (Å²) in [6.07, 6.45) is 7.85. The molecule has 2 aromatic carbocycles. The maximum absolute atomic E-state index is 13.0. The highest BCUT2D eigenvalue weighted by atomic mass is 16.6. The van der Waals surface area contributed by atoms with Gasteiger partial charge in [0.2, 0.25) is 5.76 Å². The Labute approximate surface area is 225 Å². The van der Waals surface area contributed by atoms with Crippen LogP contribution in [0.15, 0.2) is 65.3 Å². The highest BCUT2D eigenvalue weighted by Crippen LogP contribution is 2.45. The Balaban J connectivity index is 1.38. The van der Waals surface area contributed by atoms with Crippen LogP contribution in [-0.4, -0.2) is 24.3 Å². The molecule has 2 unspecified atom stereocenters. The number of benzene rings is 2. The summed E-state index contributed by atoms with van der Waals surface area (Å²) in [6.45, 7) is 7.29. The maximum atomic E-state index is 13.0. The van der Waals surface area contributed by atoms with E-state index in [-0.39, 0.29) is 5.76 Å². The number of rotatable bonds is 9. The van der Waals surface area contributed by atoms with Crippen LogP contribution >= 0.6 is 0 Å². The minimum absolute atomic E-state index is 0.168. The second-order valence-corrected chi connectivity index (χ2v) is 11.2. The van der Waals surface area contributed by atoms with E-state index in [0.717, 1.165) is 23.4 Å². The Morgan fingerprint density at radius 1 is 1.05 bits per heavy atom. The number of hydrogen-bond acceptors (Lipinski definition) is 6. The monoisotopic (exact) mass is 517 g/mol. The van der Waals surface area contributed by atoms with Crippen LogP contribution in [0.3, 0.4) is 0 Å². The second kappa shape index (κ2) is 11.6. The molecule has 2 atom stereocenters. The fraction of sp³-hybridized carbons (Fsp3) is 0.469. The first-order chi connectivity index (χ1) is 18.4. The SMILES string of the molecule is Cc1ccc(CNc2ccc3c(c2)C(OCCC2CCCCC2)C(OC(=O)c2ccco2)C(C)(C)O3)cc1. The quantitative estimate of drug-likeness (QED) is 0.294. The van der Waals surface area contributed by atoms with E-state index in [0.29, 0.717) is 19.1 Å². The van der Waals surface area contributed by atoms with E-state index in [2.05, 4.69) is 42.6 Å². The molecular weight excluding hydrogens is 478 g/mol. The molecule has 0 spiro atoms. The zero-order chi connectivity index (χ0) is 26.5. The van der Waals surface area contributed by atoms with E-state index < -0.39 is 23.8 Å². The topological polar surface area (TPSA) is 69.9 Å². The molecule has 2 aliphatic rings. The lowest BCUT2D eigenvalue weighted by atomic mass is 9.86. The number of carbonyl (C=O) groups is 1. The summed E-state index contributed by atoms with van der Waals surface area (Å²) < 4.78 is 24.3. The molecule has 1 aromatic heterocycles. The van der Waals surface area contributed by atoms with E-state index in [1.807, 2.05) is 26.0 Å². The lowest BCUT2D eigenvalue weighted by molar-refractivity contribution is -0.141. The summed E-state index contributed by atoms with van der Waals surface area (Å²) in [5.74, 6) is 1.10. The summed E-state index contributed by atoms with van der Waals surface area (Å²) in [5.41, 5.74) is 3.51. The standard InChI is InChI=1S/C32H39NO5/c1-22-11-13-24(14-12-22)21-33-25-15-16-27-26(20-25)29(36-19-17-23-8-5-4-6-9-23)30(32(2,3)38-27)37-31(34)28-10-7-18-35-28/h7,10-16,18,20,23,29-30,33H,4-6,8-9,17,19,21H2,1-3H3. The summed E-state index contributed by atoms with van der Waals surface area (Å²) in [4.78, 5) is 13.0. The van der Waals surface area contributed by atoms with Crippen molar-refractivity contribution in [3.8, 4) is 5.75 Å². The molecule has 0 amide bonds. The number of hydrogen-bond donors (Lipinski definition) is 1. The van der Waals surface area contributed by atoms with Crippen molar-refractivity contribution in [3.63, 3.8) is 0 Å². The first kappa shape index (κ1) is 26.4. The van der Waals surface area contributed by atoms with Crippen molar-refractivity contribution >= 4 is 11.7 Å². The van der Waals surface area contributed by atoms with Gasteiger partial charge in [-0.15, -0.1) is 0 Å². The fourth-order valence-electron chi connectivity index (χ4n) is 5.54. The van der Waals surface area contributed by atoms with Gasteiger partial charge in [0, 0.05) is 24.4 Å². The van der Waals surface area contributed by atoms with Crippen LogP contribution < -0.4 is 10.1 Å². The molecular formula is C32H39NO5. The molecule has 6 heteroatoms. The van der Waals surface area contributed by atoms with Gasteiger partial charge in [-0.1, -0.05) is 61.9 Å². The van der Waals surface area contributed by atoms with Gasteiger partial charge < -0.3 is 23.9 Å². The number of ether oxygens (including phenoxy) is 3. The van der Waals surface area contributed by atoms with Gasteiger partial charge in [0.25, 0.3) is 0 Å². The predicted octanol–water partition coefficient (Wildman–Crippen LogP) is 7.62. The molecule has 0 radical (unpaired) electrons. The number of nitrogens with one attached hydrogen (secondary N) is 1. The maximum Gasteiger partial charge on any atom is 0.374 e. The highest BCUT2D eigenvalue weighted by Gasteiger charge is 2.48. The molecule has 38 heavy (non-hydrogen) atoms. The van der Waals surface area contributed by atoms with Crippen LogP contribution in [0.1, 0.15) is 85.7 Å². The lowest BCUT2D eigenvalue weighted by Gasteiger charge is -2.43. The van der Waals surface area contributed by atoms with E-state index in [1.165, 1.54) is 49.5 Å². The Morgan fingerprint density at radius 2 is 1.84 bits per heavy atom. The van der Waals surface area contributed by atoms with Crippen LogP contribution in [0.25, 0.3) is 0 Å². The summed E-state index contributed by atoms with van der Waals surface area (Å²) in [7, 11) is 0. The van der Waals surface area contributed by atoms with Crippen molar-refractivity contribution in [3.05, 3.63) is 83.3 Å². The van der Waals surface area contributed by atoms with Gasteiger partial charge in [-0.05, 0) is 69.0 Å². The smallest absolute Gasteiger partial charge is 0.374 e. The van der Waals surface area contributed by atoms with Gasteiger partial charge in [0.15, 0.2) is 6.10 Å². The fourth-order valence-corrected chi connectivity index (χ4v) is 5.54. The first-order valence-electron chi connectivity index (χ1n) is 13.9. The molecule has 202 valence electrons. The number of fused-ring (bicyclic) bond motifs is 1. The average molecular weight is 518 g/mol. The van der Waals surface area contributed by atoms with Gasteiger partial charge >= 0.3 is 5.97 Å². The van der Waals surface area contributed by atoms with Gasteiger partial charge in [-0.3, -0.25) is 0 Å². The Hall–Kier alpha value is -3.25. The van der Waals surface area contributed by atoms with E-state index in [4.69, 9.17) is 18.6 Å². The van der Waals surface area contributed by atoms with E-state index >= 15 is 0 Å². The first-order valence-corrected chi connectivity index (χ1v) is 13.9. The third kappa shape index (κ3) is 6.24. The molecule has 1 aliphatic carbocycles. The van der Waals surface area contributed by atoms with Crippen molar-refractivity contribution in [2.75, 3.05) is 11.9 Å². The minimum Gasteiger partial charge on any atom is -0.483 e. The molecule has 1 fully saturated rings. The van der Waals surface area contributed by atoms with Crippen LogP contribution in [0, 0.1) is 12.8 Å². The Bertz CT molecular complexity index is 1200. The largest absolute Gasteiger partial charge is 0.483 e. The number of aryl methyl sites for hydroxylation is 1. The summed E-state index contributed by atoms with van der Waals surface area (Å²) >= 11 is 0. The van der Waals surface area contributed by atoms with Crippen molar-refractivity contribution < 1.29 is 23.4 Å². The molecule has 1 saturated carbocycles. The zero-order valence-electron chi connectivity index (χ0n) is 22.7. The molecule has 1 N–H and O–H groups in total. The predicted molar refractivity (Wildman–Crippen MR) is 147 cm³/mol. The van der Waals surface area contributed by atoms with Crippen LogP contribution in [-0.2, 0) is 16.0 Å². The number of furan rings is 1. The van der Waals surface area contributed by atoms with Gasteiger partial charge in [0.1, 0.15) is 17.5 Å². The molecule has 0 saturated heterocycles. The molecule has 3 aromatic rings. The lowest BCUT2D eigenvalue weighted by Crippen LogP contribution is -2.51. The molecule has 5 rings (SSSR count). The van der Waals surface area contributed by atoms with Crippen molar-refractivity contribution in [2.24, 2.45) is 5.92 Å². The van der Waals surface area contributed by atoms with Gasteiger partial charge in [-0.2, -0.15) is 0 Å². The van der Waals surface area contributed by atoms with Crippen LogP contribution in [0.5, 0.6) is 5.75 Å². The number of anilines is 1. The van der Waals surface area contributed by atoms with Gasteiger partial charge in [-0.25, -0.2) is 4.79 Å². The summed E-state index contributed by atoms with van der Waals surface area (Å²) in [5, 5.41) is 3.52. The number of esters is 1. The van der Waals surface area contributed by atoms with Crippen LogP contribution in [0.4, 0.5) is 5.69 Å². The van der Waals surface area contributed by atoms with Gasteiger partial charge in [0.05, 0.1) is 6.26 Å². The van der Waals surface area contributed by atoms with Crippen molar-refractivity contribution in [2.45, 2.75) is 83.6 Å². The minimum atomic E-state index is -0.790. The van der Waals surface area contributed by atoms with E-state index in [9.17, 15) is 4.79 Å². The highest BCUT2D eigenvalue weighted by molar-refractivity contribution is 5.86. The Morgan fingerprint density at radius 3 is 2.58 bits per heavy atom. The third-order valence-corrected chi connectivity index (χ3v) is 7.77. The number of carbonyl (C=O) groups excluding carboxylic acids is 1. The molecule has 6 nitrogen and oxygen atoms in total. The Kier molecular flexibility index (Phi) is 8.08. The van der Waals surface area contributed by atoms with E-state index in [1.54, 1.807) is 12.1 Å². The molecule has 1 aliphatic heterocycles. The molecule has 2 heterocycles. The normalized spacial score (nSPS) is 20.8. The van der Waals surface area contributed by atoms with Crippen molar-refractivity contribution in [1.29, 1.82) is 0 Å².